The Bertz CT molecular complexity index is 221. The third-order valence-corrected chi connectivity index (χ3v) is 3.22. The predicted octanol–water partition coefficient (Wildman–Crippen LogP) is 1.05. The Balaban J connectivity index is 2.43. The number of hydrogen-bond acceptors (Lipinski definition) is 3. The van der Waals surface area contributed by atoms with Gasteiger partial charge in [0.15, 0.2) is 0 Å². The summed E-state index contributed by atoms with van der Waals surface area (Å²) in [5.41, 5.74) is 5.63. The van der Waals surface area contributed by atoms with Crippen molar-refractivity contribution in [2.24, 2.45) is 11.7 Å². The molecule has 3 N–H and O–H groups in total. The van der Waals surface area contributed by atoms with Crippen LogP contribution in [0.5, 0.6) is 0 Å². The summed E-state index contributed by atoms with van der Waals surface area (Å²) in [6, 6.07) is 0.121. The zero-order valence-electron chi connectivity index (χ0n) is 10.4. The Morgan fingerprint density at radius 3 is 2.88 bits per heavy atom. The molecule has 1 amide bonds. The fourth-order valence-electron chi connectivity index (χ4n) is 2.26. The Labute approximate surface area is 97.9 Å². The highest BCUT2D eigenvalue weighted by molar-refractivity contribution is 5.79. The number of rotatable bonds is 6. The average molecular weight is 228 g/mol. The average Bonchev–Trinajstić information content (AvgIpc) is 2.76. The molecule has 4 nitrogen and oxygen atoms in total. The van der Waals surface area contributed by atoms with Crippen molar-refractivity contribution in [1.82, 2.24) is 5.32 Å². The van der Waals surface area contributed by atoms with Crippen LogP contribution in [0.15, 0.2) is 0 Å². The van der Waals surface area contributed by atoms with E-state index in [1.165, 1.54) is 0 Å². The van der Waals surface area contributed by atoms with Crippen LogP contribution in [0.25, 0.3) is 0 Å². The lowest BCUT2D eigenvalue weighted by Crippen LogP contribution is -2.44. The molecule has 1 aliphatic heterocycles. The molecule has 1 saturated heterocycles. The van der Waals surface area contributed by atoms with E-state index in [2.05, 4.69) is 19.2 Å². The van der Waals surface area contributed by atoms with Gasteiger partial charge in [-0.2, -0.15) is 0 Å². The molecule has 4 heteroatoms. The maximum atomic E-state index is 12.0. The molecule has 1 heterocycles. The minimum absolute atomic E-state index is 0.0240. The Morgan fingerprint density at radius 1 is 1.56 bits per heavy atom. The van der Waals surface area contributed by atoms with Crippen LogP contribution >= 0.6 is 0 Å². The fourth-order valence-corrected chi connectivity index (χ4v) is 2.26. The summed E-state index contributed by atoms with van der Waals surface area (Å²) >= 11 is 0. The predicted molar refractivity (Wildman–Crippen MR) is 64.0 cm³/mol. The molecule has 0 aromatic carbocycles. The van der Waals surface area contributed by atoms with Gasteiger partial charge in [-0.1, -0.05) is 20.3 Å². The molecule has 0 saturated carbocycles. The number of hydrogen-bond donors (Lipinski definition) is 2. The molecule has 94 valence electrons. The summed E-state index contributed by atoms with van der Waals surface area (Å²) in [4.78, 5) is 12.0. The van der Waals surface area contributed by atoms with Gasteiger partial charge in [0.1, 0.15) is 0 Å². The minimum Gasteiger partial charge on any atom is -0.377 e. The second-order valence-corrected chi connectivity index (χ2v) is 4.44. The van der Waals surface area contributed by atoms with Crippen molar-refractivity contribution in [2.75, 3.05) is 13.2 Å². The van der Waals surface area contributed by atoms with Crippen molar-refractivity contribution in [1.29, 1.82) is 0 Å². The molecule has 0 aromatic heterocycles. The van der Waals surface area contributed by atoms with E-state index in [0.29, 0.717) is 13.2 Å². The number of nitrogens with two attached hydrogens (primary N) is 1. The van der Waals surface area contributed by atoms with Gasteiger partial charge in [-0.25, -0.2) is 0 Å². The van der Waals surface area contributed by atoms with Crippen LogP contribution in [0.3, 0.4) is 0 Å². The van der Waals surface area contributed by atoms with Crippen molar-refractivity contribution in [3.05, 3.63) is 0 Å². The van der Waals surface area contributed by atoms with Crippen LogP contribution in [0.4, 0.5) is 0 Å². The summed E-state index contributed by atoms with van der Waals surface area (Å²) in [6.45, 7) is 5.38. The first kappa shape index (κ1) is 13.5. The van der Waals surface area contributed by atoms with Gasteiger partial charge in [0, 0.05) is 19.2 Å². The molecule has 0 spiro atoms. The van der Waals surface area contributed by atoms with Gasteiger partial charge in [-0.3, -0.25) is 4.79 Å². The molecule has 3 atom stereocenters. The van der Waals surface area contributed by atoms with Crippen LogP contribution in [0.1, 0.15) is 39.5 Å². The Morgan fingerprint density at radius 2 is 2.31 bits per heavy atom. The lowest BCUT2D eigenvalue weighted by atomic mass is 9.98. The minimum atomic E-state index is 0.0240. The highest BCUT2D eigenvalue weighted by atomic mass is 16.5. The molecular weight excluding hydrogens is 204 g/mol. The molecule has 0 radical (unpaired) electrons. The Hall–Kier alpha value is -0.610. The van der Waals surface area contributed by atoms with E-state index in [0.717, 1.165) is 25.7 Å². The number of ether oxygens (including phenoxy) is 1. The van der Waals surface area contributed by atoms with Gasteiger partial charge in [-0.05, 0) is 19.3 Å². The smallest absolute Gasteiger partial charge is 0.226 e. The molecule has 16 heavy (non-hydrogen) atoms. The van der Waals surface area contributed by atoms with Gasteiger partial charge in [-0.15, -0.1) is 0 Å². The molecule has 3 unspecified atom stereocenters. The van der Waals surface area contributed by atoms with Crippen molar-refractivity contribution in [2.45, 2.75) is 51.7 Å². The van der Waals surface area contributed by atoms with E-state index in [1.807, 2.05) is 0 Å². The molecule has 1 rings (SSSR count). The topological polar surface area (TPSA) is 64.3 Å². The van der Waals surface area contributed by atoms with Crippen LogP contribution < -0.4 is 11.1 Å². The summed E-state index contributed by atoms with van der Waals surface area (Å²) in [5, 5.41) is 3.03. The molecule has 0 bridgehead atoms. The lowest BCUT2D eigenvalue weighted by Gasteiger charge is -2.21. The molecule has 0 aliphatic carbocycles. The second-order valence-electron chi connectivity index (χ2n) is 4.44. The zero-order chi connectivity index (χ0) is 12.0. The number of nitrogens with one attached hydrogen (secondary N) is 1. The normalized spacial score (nSPS) is 26.7. The fraction of sp³-hybridized carbons (Fsp3) is 0.917. The van der Waals surface area contributed by atoms with Gasteiger partial charge >= 0.3 is 0 Å². The highest BCUT2D eigenvalue weighted by Gasteiger charge is 2.33. The second kappa shape index (κ2) is 6.86. The van der Waals surface area contributed by atoms with E-state index in [4.69, 9.17) is 10.5 Å². The lowest BCUT2D eigenvalue weighted by molar-refractivity contribution is -0.127. The van der Waals surface area contributed by atoms with E-state index in [9.17, 15) is 4.79 Å². The molecule has 1 fully saturated rings. The first-order valence-corrected chi connectivity index (χ1v) is 6.34. The van der Waals surface area contributed by atoms with E-state index >= 15 is 0 Å². The van der Waals surface area contributed by atoms with Crippen LogP contribution in [-0.4, -0.2) is 31.2 Å². The van der Waals surface area contributed by atoms with Crippen LogP contribution in [0.2, 0.25) is 0 Å². The first-order chi connectivity index (χ1) is 7.72. The number of amides is 1. The third kappa shape index (κ3) is 3.46. The SMILES string of the molecule is CCCC(CN)NC(=O)C1CCOC1CC. The standard InChI is InChI=1S/C12H24N2O2/c1-3-5-9(8-13)14-12(15)10-6-7-16-11(10)4-2/h9-11H,3-8,13H2,1-2H3,(H,14,15). The van der Waals surface area contributed by atoms with Crippen molar-refractivity contribution >= 4 is 5.91 Å². The van der Waals surface area contributed by atoms with Crippen LogP contribution in [-0.2, 0) is 9.53 Å². The first-order valence-electron chi connectivity index (χ1n) is 6.34. The van der Waals surface area contributed by atoms with Crippen molar-refractivity contribution < 1.29 is 9.53 Å². The van der Waals surface area contributed by atoms with E-state index < -0.39 is 0 Å². The Kier molecular flexibility index (Phi) is 5.77. The third-order valence-electron chi connectivity index (χ3n) is 3.22. The molecular formula is C12H24N2O2. The summed E-state index contributed by atoms with van der Waals surface area (Å²) in [6.07, 6.45) is 3.83. The zero-order valence-corrected chi connectivity index (χ0v) is 10.4. The van der Waals surface area contributed by atoms with Crippen molar-refractivity contribution in [3.63, 3.8) is 0 Å². The quantitative estimate of drug-likeness (QED) is 0.714. The number of carbonyl (C=O) groups is 1. The van der Waals surface area contributed by atoms with Crippen molar-refractivity contribution in [3.8, 4) is 0 Å². The maximum Gasteiger partial charge on any atom is 0.226 e. The summed E-state index contributed by atoms with van der Waals surface area (Å²) < 4.78 is 5.52. The van der Waals surface area contributed by atoms with Gasteiger partial charge in [0.05, 0.1) is 12.0 Å². The highest BCUT2D eigenvalue weighted by Crippen LogP contribution is 2.23. The maximum absolute atomic E-state index is 12.0. The van der Waals surface area contributed by atoms with Gasteiger partial charge in [0.25, 0.3) is 0 Å². The van der Waals surface area contributed by atoms with Gasteiger partial charge in [0.2, 0.25) is 5.91 Å². The van der Waals surface area contributed by atoms with E-state index in [1.54, 1.807) is 0 Å². The summed E-state index contributed by atoms with van der Waals surface area (Å²) in [5.74, 6) is 0.143. The monoisotopic (exact) mass is 228 g/mol. The molecule has 1 aliphatic rings. The van der Waals surface area contributed by atoms with E-state index in [-0.39, 0.29) is 24.0 Å². The van der Waals surface area contributed by atoms with Crippen LogP contribution in [0, 0.1) is 5.92 Å². The summed E-state index contributed by atoms with van der Waals surface area (Å²) in [7, 11) is 0. The van der Waals surface area contributed by atoms with Gasteiger partial charge < -0.3 is 15.8 Å². The largest absolute Gasteiger partial charge is 0.377 e. The molecule has 0 aromatic rings. The number of carbonyl (C=O) groups excluding carboxylic acids is 1.